The molecule has 24 heavy (non-hydrogen) atoms. The number of nitrogens with zero attached hydrogens (tertiary/aromatic N) is 1. The summed E-state index contributed by atoms with van der Waals surface area (Å²) in [6.45, 7) is 0. The van der Waals surface area contributed by atoms with Gasteiger partial charge >= 0.3 is 17.5 Å². The maximum atomic E-state index is 12.8. The van der Waals surface area contributed by atoms with Crippen molar-refractivity contribution in [2.75, 3.05) is 0 Å². The van der Waals surface area contributed by atoms with Crippen LogP contribution >= 0.6 is 0 Å². The van der Waals surface area contributed by atoms with E-state index < -0.39 is 17.5 Å². The minimum Gasteiger partial charge on any atom is -0.621 e. The fraction of sp³-hybridized carbons (Fsp3) is 0.167. The third-order valence-electron chi connectivity index (χ3n) is 4.10. The smallest absolute Gasteiger partial charge is 0.332 e. The number of hydrogen-bond donors (Lipinski definition) is 2. The van der Waals surface area contributed by atoms with Crippen molar-refractivity contribution in [3.05, 3.63) is 77.0 Å². The molecule has 0 unspecified atom stereocenters. The highest BCUT2D eigenvalue weighted by Gasteiger charge is 2.55. The van der Waals surface area contributed by atoms with Crippen molar-refractivity contribution >= 4 is 17.5 Å². The lowest BCUT2D eigenvalue weighted by Crippen LogP contribution is -2.60. The maximum Gasteiger partial charge on any atom is 0.332 e. The summed E-state index contributed by atoms with van der Waals surface area (Å²) in [5.41, 5.74) is 5.22. The lowest BCUT2D eigenvalue weighted by molar-refractivity contribution is -0.529. The number of hydroxylamine groups is 1. The molecule has 3 rings (SSSR count). The van der Waals surface area contributed by atoms with E-state index in [4.69, 9.17) is 5.73 Å². The average molecular weight is 323 g/mol. The predicted molar refractivity (Wildman–Crippen MR) is 89.0 cm³/mol. The molecule has 1 aliphatic rings. The Kier molecular flexibility index (Phi) is 4.04. The summed E-state index contributed by atoms with van der Waals surface area (Å²) in [5, 5.41) is 15.3. The Morgan fingerprint density at radius 1 is 1.04 bits per heavy atom. The molecule has 2 aromatic carbocycles. The van der Waals surface area contributed by atoms with E-state index in [1.165, 1.54) is 0 Å². The van der Waals surface area contributed by atoms with Gasteiger partial charge in [-0.2, -0.15) is 4.74 Å². The summed E-state index contributed by atoms with van der Waals surface area (Å²) < 4.78 is 0.442. The highest BCUT2D eigenvalue weighted by Crippen LogP contribution is 2.20. The van der Waals surface area contributed by atoms with Crippen molar-refractivity contribution in [3.63, 3.8) is 0 Å². The minimum absolute atomic E-state index is 0.0106. The van der Waals surface area contributed by atoms with Crippen LogP contribution in [0.25, 0.3) is 0 Å². The van der Waals surface area contributed by atoms with Gasteiger partial charge in [0.1, 0.15) is 0 Å². The molecular weight excluding hydrogens is 306 g/mol. The third kappa shape index (κ3) is 2.74. The van der Waals surface area contributed by atoms with Crippen LogP contribution in [0.2, 0.25) is 0 Å². The largest absolute Gasteiger partial charge is 0.621 e. The number of nitrogens with two attached hydrogens (primary N) is 1. The number of carbonyl (C=O) groups excluding carboxylic acids is 2. The monoisotopic (exact) mass is 323 g/mol. The molecule has 1 atom stereocenters. The first-order valence-electron chi connectivity index (χ1n) is 7.56. The maximum absolute atomic E-state index is 12.8. The first kappa shape index (κ1) is 15.7. The lowest BCUT2D eigenvalue weighted by atomic mass is 9.99. The van der Waals surface area contributed by atoms with Gasteiger partial charge in [0, 0.05) is 0 Å². The second kappa shape index (κ2) is 6.16. The van der Waals surface area contributed by atoms with Crippen molar-refractivity contribution < 1.29 is 14.3 Å². The van der Waals surface area contributed by atoms with E-state index in [9.17, 15) is 14.8 Å². The molecule has 1 aliphatic heterocycles. The van der Waals surface area contributed by atoms with Crippen molar-refractivity contribution in [1.82, 2.24) is 5.32 Å². The zero-order chi connectivity index (χ0) is 17.2. The molecule has 3 N–H and O–H groups in total. The van der Waals surface area contributed by atoms with Crippen LogP contribution < -0.4 is 11.1 Å². The summed E-state index contributed by atoms with van der Waals surface area (Å²) in [4.78, 5) is 24.3. The van der Waals surface area contributed by atoms with Gasteiger partial charge in [0.05, 0.1) is 12.8 Å². The minimum atomic E-state index is -1.79. The molecule has 0 saturated carbocycles. The van der Waals surface area contributed by atoms with Crippen LogP contribution in [0.4, 0.5) is 0 Å². The molecule has 0 spiro atoms. The van der Waals surface area contributed by atoms with E-state index >= 15 is 0 Å². The first-order valence-corrected chi connectivity index (χ1v) is 7.56. The van der Waals surface area contributed by atoms with Crippen molar-refractivity contribution in [1.29, 1.82) is 0 Å². The van der Waals surface area contributed by atoms with E-state index in [-0.39, 0.29) is 18.6 Å². The van der Waals surface area contributed by atoms with Crippen LogP contribution in [-0.2, 0) is 22.4 Å². The molecule has 2 aromatic rings. The number of primary amides is 1. The van der Waals surface area contributed by atoms with Crippen LogP contribution in [0.15, 0.2) is 60.7 Å². The van der Waals surface area contributed by atoms with E-state index in [1.54, 1.807) is 24.3 Å². The summed E-state index contributed by atoms with van der Waals surface area (Å²) in [7, 11) is 0. The second-order valence-corrected chi connectivity index (χ2v) is 5.74. The van der Waals surface area contributed by atoms with Crippen molar-refractivity contribution in [3.8, 4) is 0 Å². The zero-order valence-corrected chi connectivity index (χ0v) is 12.9. The number of carbonyl (C=O) groups is 2. The number of rotatable bonds is 5. The van der Waals surface area contributed by atoms with E-state index in [0.717, 1.165) is 11.1 Å². The molecule has 0 radical (unpaired) electrons. The molecule has 1 heterocycles. The predicted octanol–water partition coefficient (Wildman–Crippen LogP) is 0.734. The summed E-state index contributed by atoms with van der Waals surface area (Å²) in [6, 6.07) is 18.1. The molecule has 0 aliphatic carbocycles. The fourth-order valence-electron chi connectivity index (χ4n) is 2.83. The van der Waals surface area contributed by atoms with E-state index in [0.29, 0.717) is 4.74 Å². The van der Waals surface area contributed by atoms with Gasteiger partial charge in [0.15, 0.2) is 0 Å². The van der Waals surface area contributed by atoms with Gasteiger partial charge in [-0.3, -0.25) is 14.9 Å². The Labute approximate surface area is 139 Å². The molecule has 122 valence electrons. The molecular formula is C18H17N3O3. The zero-order valence-electron chi connectivity index (χ0n) is 12.9. The van der Waals surface area contributed by atoms with Crippen molar-refractivity contribution in [2.24, 2.45) is 5.73 Å². The molecule has 6 nitrogen and oxygen atoms in total. The molecule has 0 bridgehead atoms. The first-order chi connectivity index (χ1) is 11.5. The number of hydrogen-bond acceptors (Lipinski definition) is 3. The van der Waals surface area contributed by atoms with Crippen LogP contribution in [0.3, 0.4) is 0 Å². The summed E-state index contributed by atoms with van der Waals surface area (Å²) in [5.74, 6) is -1.44. The van der Waals surface area contributed by atoms with Gasteiger partial charge in [-0.1, -0.05) is 60.7 Å². The van der Waals surface area contributed by atoms with E-state index in [1.807, 2.05) is 36.4 Å². The average Bonchev–Trinajstić information content (AvgIpc) is 2.82. The lowest BCUT2D eigenvalue weighted by Gasteiger charge is -2.24. The quantitative estimate of drug-likeness (QED) is 0.627. The Morgan fingerprint density at radius 2 is 1.58 bits per heavy atom. The summed E-state index contributed by atoms with van der Waals surface area (Å²) >= 11 is 0. The third-order valence-corrected chi connectivity index (χ3v) is 4.10. The van der Waals surface area contributed by atoms with Gasteiger partial charge in [-0.15, -0.1) is 0 Å². The Balaban J connectivity index is 1.98. The molecule has 0 fully saturated rings. The fourth-order valence-corrected chi connectivity index (χ4v) is 2.83. The number of benzene rings is 2. The second-order valence-electron chi connectivity index (χ2n) is 5.74. The molecule has 0 aromatic heterocycles. The Morgan fingerprint density at radius 3 is 2.12 bits per heavy atom. The van der Waals surface area contributed by atoms with Crippen LogP contribution in [0.1, 0.15) is 11.1 Å². The van der Waals surface area contributed by atoms with Gasteiger partial charge < -0.3 is 10.9 Å². The van der Waals surface area contributed by atoms with Crippen molar-refractivity contribution in [2.45, 2.75) is 18.5 Å². The van der Waals surface area contributed by atoms with E-state index in [2.05, 4.69) is 5.32 Å². The highest BCUT2D eigenvalue weighted by atomic mass is 16.5. The van der Waals surface area contributed by atoms with Gasteiger partial charge in [-0.25, -0.2) is 0 Å². The van der Waals surface area contributed by atoms with Crippen LogP contribution in [-0.4, -0.2) is 27.9 Å². The Hall–Kier alpha value is -3.15. The normalized spacial score (nSPS) is 20.1. The molecule has 0 saturated heterocycles. The van der Waals surface area contributed by atoms with Gasteiger partial charge in [0.25, 0.3) is 5.71 Å². The molecule has 6 heteroatoms. The topological polar surface area (TPSA) is 98.3 Å². The van der Waals surface area contributed by atoms with Crippen LogP contribution in [0.5, 0.6) is 0 Å². The molecule has 2 amide bonds. The SMILES string of the molecule is NC(=O)[C@]1(Cc2ccccc2)NC(=O)C(Cc2ccccc2)=[N+]1[O-]. The summed E-state index contributed by atoms with van der Waals surface area (Å²) in [6.07, 6.45) is 0.150. The van der Waals surface area contributed by atoms with Gasteiger partial charge in [-0.05, 0) is 11.1 Å². The van der Waals surface area contributed by atoms with Gasteiger partial charge in [0.2, 0.25) is 0 Å². The van der Waals surface area contributed by atoms with Crippen LogP contribution in [0, 0.1) is 5.21 Å². The number of amides is 2. The standard InChI is InChI=1S/C18H17N3O3/c19-17(23)18(12-14-9-5-2-6-10-14)20-16(22)15(21(18)24)11-13-7-3-1-4-8-13/h1-10H,11-12H2,(H2,19,23)(H,20,22)/t18-/m1/s1. The Bertz CT molecular complexity index is 803. The highest BCUT2D eigenvalue weighted by molar-refractivity contribution is 6.39. The number of nitrogens with one attached hydrogen (secondary N) is 1.